The fourth-order valence-electron chi connectivity index (χ4n) is 1.87. The van der Waals surface area contributed by atoms with Crippen LogP contribution in [0, 0.1) is 0 Å². The minimum Gasteiger partial charge on any atom is -0.423 e. The third kappa shape index (κ3) is 5.53. The van der Waals surface area contributed by atoms with Gasteiger partial charge in [-0.15, -0.1) is 0 Å². The molecule has 0 bridgehead atoms. The van der Waals surface area contributed by atoms with Crippen molar-refractivity contribution in [3.8, 4) is 11.5 Å². The van der Waals surface area contributed by atoms with Crippen molar-refractivity contribution in [2.24, 2.45) is 0 Å². The Labute approximate surface area is 124 Å². The van der Waals surface area contributed by atoms with Crippen LogP contribution in [0.15, 0.2) is 18.2 Å². The van der Waals surface area contributed by atoms with Crippen LogP contribution in [0.25, 0.3) is 0 Å². The molecule has 1 unspecified atom stereocenters. The Kier molecular flexibility index (Phi) is 6.33. The summed E-state index contributed by atoms with van der Waals surface area (Å²) in [4.78, 5) is 22.2. The van der Waals surface area contributed by atoms with Gasteiger partial charge in [0.15, 0.2) is 11.5 Å². The monoisotopic (exact) mass is 295 g/mol. The van der Waals surface area contributed by atoms with Gasteiger partial charge in [-0.1, -0.05) is 19.9 Å². The molecule has 0 amide bonds. The first-order valence-corrected chi connectivity index (χ1v) is 6.71. The summed E-state index contributed by atoms with van der Waals surface area (Å²) in [6, 6.07) is 4.70. The van der Waals surface area contributed by atoms with Crippen molar-refractivity contribution in [3.05, 3.63) is 23.8 Å². The second-order valence-corrected chi connectivity index (χ2v) is 4.95. The first-order valence-electron chi connectivity index (χ1n) is 6.71. The molecule has 1 aromatic carbocycles. The minimum atomic E-state index is -0.516. The molecule has 1 rings (SSSR count). The number of nitrogens with one attached hydrogen (secondary N) is 1. The van der Waals surface area contributed by atoms with Crippen molar-refractivity contribution in [2.75, 3.05) is 6.61 Å². The van der Waals surface area contributed by atoms with E-state index >= 15 is 0 Å². The number of rotatable bonds is 6. The molecule has 2 N–H and O–H groups in total. The largest absolute Gasteiger partial charge is 0.423 e. The van der Waals surface area contributed by atoms with Crippen molar-refractivity contribution in [1.29, 1.82) is 0 Å². The Morgan fingerprint density at radius 1 is 1.14 bits per heavy atom. The van der Waals surface area contributed by atoms with Crippen molar-refractivity contribution in [3.63, 3.8) is 0 Å². The topological polar surface area (TPSA) is 84.9 Å². The zero-order chi connectivity index (χ0) is 16.0. The summed E-state index contributed by atoms with van der Waals surface area (Å²) >= 11 is 0. The summed E-state index contributed by atoms with van der Waals surface area (Å²) in [6.07, 6.45) is 0. The molecule has 116 valence electrons. The fourth-order valence-corrected chi connectivity index (χ4v) is 1.87. The summed E-state index contributed by atoms with van der Waals surface area (Å²) < 4.78 is 10.1. The maximum Gasteiger partial charge on any atom is 0.308 e. The highest BCUT2D eigenvalue weighted by Crippen LogP contribution is 2.31. The van der Waals surface area contributed by atoms with Gasteiger partial charge in [-0.05, 0) is 17.7 Å². The van der Waals surface area contributed by atoms with E-state index < -0.39 is 11.9 Å². The number of ether oxygens (including phenoxy) is 2. The van der Waals surface area contributed by atoms with Crippen LogP contribution in [0.2, 0.25) is 0 Å². The van der Waals surface area contributed by atoms with E-state index in [1.165, 1.54) is 13.8 Å². The molecule has 0 aliphatic rings. The summed E-state index contributed by atoms with van der Waals surface area (Å²) in [7, 11) is 0. The highest BCUT2D eigenvalue weighted by Gasteiger charge is 2.16. The van der Waals surface area contributed by atoms with E-state index in [1.54, 1.807) is 18.2 Å². The van der Waals surface area contributed by atoms with Gasteiger partial charge in [0.2, 0.25) is 0 Å². The maximum absolute atomic E-state index is 11.2. The molecule has 1 aromatic rings. The molecule has 21 heavy (non-hydrogen) atoms. The van der Waals surface area contributed by atoms with E-state index in [1.807, 2.05) is 13.8 Å². The fraction of sp³-hybridized carbons (Fsp3) is 0.467. The molecule has 0 aromatic heterocycles. The summed E-state index contributed by atoms with van der Waals surface area (Å²) in [6.45, 7) is 6.35. The molecule has 0 saturated heterocycles. The molecule has 0 heterocycles. The van der Waals surface area contributed by atoms with E-state index in [2.05, 4.69) is 5.32 Å². The number of benzene rings is 1. The van der Waals surface area contributed by atoms with Gasteiger partial charge < -0.3 is 19.9 Å². The molecule has 6 nitrogen and oxygen atoms in total. The molecule has 6 heteroatoms. The smallest absolute Gasteiger partial charge is 0.308 e. The standard InChI is InChI=1S/C15H21NO5/c1-9(2)16-13(8-17)12-5-6-14(20-10(3)18)15(7-12)21-11(4)19/h5-7,9,13,16-17H,8H2,1-4H3. The SMILES string of the molecule is CC(=O)Oc1ccc(C(CO)NC(C)C)cc1OC(C)=O. The lowest BCUT2D eigenvalue weighted by Crippen LogP contribution is -2.30. The van der Waals surface area contributed by atoms with Crippen LogP contribution in [0.5, 0.6) is 11.5 Å². The van der Waals surface area contributed by atoms with E-state index in [9.17, 15) is 14.7 Å². The molecule has 0 radical (unpaired) electrons. The number of carbonyl (C=O) groups excluding carboxylic acids is 2. The quantitative estimate of drug-likeness (QED) is 0.612. The number of esters is 2. The maximum atomic E-state index is 11.2. The molecule has 0 saturated carbocycles. The molecule has 0 aliphatic heterocycles. The normalized spacial score (nSPS) is 12.1. The van der Waals surface area contributed by atoms with Crippen LogP contribution in [0.3, 0.4) is 0 Å². The van der Waals surface area contributed by atoms with Crippen LogP contribution >= 0.6 is 0 Å². The van der Waals surface area contributed by atoms with Crippen LogP contribution in [0.4, 0.5) is 0 Å². The van der Waals surface area contributed by atoms with Crippen LogP contribution in [-0.2, 0) is 9.59 Å². The van der Waals surface area contributed by atoms with Gasteiger partial charge in [-0.3, -0.25) is 9.59 Å². The van der Waals surface area contributed by atoms with Gasteiger partial charge in [0.1, 0.15) is 0 Å². The summed E-state index contributed by atoms with van der Waals surface area (Å²) in [5.74, 6) is -0.699. The lowest BCUT2D eigenvalue weighted by molar-refractivity contribution is -0.134. The Hall–Kier alpha value is -1.92. The zero-order valence-electron chi connectivity index (χ0n) is 12.7. The van der Waals surface area contributed by atoms with Crippen molar-refractivity contribution >= 4 is 11.9 Å². The van der Waals surface area contributed by atoms with E-state index in [0.29, 0.717) is 0 Å². The average molecular weight is 295 g/mol. The Morgan fingerprint density at radius 3 is 2.19 bits per heavy atom. The molecule has 0 fully saturated rings. The Bertz CT molecular complexity index is 513. The second-order valence-electron chi connectivity index (χ2n) is 4.95. The van der Waals surface area contributed by atoms with Crippen LogP contribution < -0.4 is 14.8 Å². The third-order valence-electron chi connectivity index (χ3n) is 2.59. The zero-order valence-corrected chi connectivity index (χ0v) is 12.7. The van der Waals surface area contributed by atoms with Crippen LogP contribution in [0.1, 0.15) is 39.3 Å². The molecule has 0 aliphatic carbocycles. The first-order chi connectivity index (χ1) is 9.83. The van der Waals surface area contributed by atoms with E-state index in [4.69, 9.17) is 9.47 Å². The number of aliphatic hydroxyl groups is 1. The van der Waals surface area contributed by atoms with Crippen molar-refractivity contribution in [1.82, 2.24) is 5.32 Å². The second kappa shape index (κ2) is 7.75. The van der Waals surface area contributed by atoms with Crippen LogP contribution in [-0.4, -0.2) is 29.7 Å². The lowest BCUT2D eigenvalue weighted by Gasteiger charge is -2.20. The molecule has 1 atom stereocenters. The highest BCUT2D eigenvalue weighted by molar-refractivity contribution is 5.73. The number of hydrogen-bond acceptors (Lipinski definition) is 6. The third-order valence-corrected chi connectivity index (χ3v) is 2.59. The number of carbonyl (C=O) groups is 2. The number of hydrogen-bond donors (Lipinski definition) is 2. The minimum absolute atomic E-state index is 0.107. The van der Waals surface area contributed by atoms with E-state index in [0.717, 1.165) is 5.56 Å². The van der Waals surface area contributed by atoms with Gasteiger partial charge in [-0.2, -0.15) is 0 Å². The van der Waals surface area contributed by atoms with Crippen molar-refractivity contribution < 1.29 is 24.2 Å². The van der Waals surface area contributed by atoms with Gasteiger partial charge in [-0.25, -0.2) is 0 Å². The van der Waals surface area contributed by atoms with Gasteiger partial charge in [0, 0.05) is 19.9 Å². The van der Waals surface area contributed by atoms with Gasteiger partial charge in [0.25, 0.3) is 0 Å². The highest BCUT2D eigenvalue weighted by atomic mass is 16.6. The predicted octanol–water partition coefficient (Wildman–Crippen LogP) is 1.57. The van der Waals surface area contributed by atoms with Crippen molar-refractivity contribution in [2.45, 2.75) is 39.8 Å². The molecular weight excluding hydrogens is 274 g/mol. The van der Waals surface area contributed by atoms with Gasteiger partial charge in [0.05, 0.1) is 12.6 Å². The predicted molar refractivity (Wildman–Crippen MR) is 77.2 cm³/mol. The van der Waals surface area contributed by atoms with Gasteiger partial charge >= 0.3 is 11.9 Å². The Morgan fingerprint density at radius 2 is 1.71 bits per heavy atom. The number of aliphatic hydroxyl groups excluding tert-OH is 1. The molecular formula is C15H21NO5. The summed E-state index contributed by atoms with van der Waals surface area (Å²) in [5, 5.41) is 12.6. The lowest BCUT2D eigenvalue weighted by atomic mass is 10.1. The average Bonchev–Trinajstić information content (AvgIpc) is 2.36. The molecule has 0 spiro atoms. The Balaban J connectivity index is 3.12. The summed E-state index contributed by atoms with van der Waals surface area (Å²) in [5.41, 5.74) is 0.735. The first kappa shape index (κ1) is 17.1. The van der Waals surface area contributed by atoms with E-state index in [-0.39, 0.29) is 30.2 Å².